The summed E-state index contributed by atoms with van der Waals surface area (Å²) in [7, 11) is 0. The van der Waals surface area contributed by atoms with Crippen LogP contribution in [0.3, 0.4) is 0 Å². The molecule has 2 unspecified atom stereocenters. The average Bonchev–Trinajstić information content (AvgIpc) is 2.71. The van der Waals surface area contributed by atoms with E-state index in [4.69, 9.17) is 0 Å². The zero-order chi connectivity index (χ0) is 11.8. The molecule has 0 aliphatic carbocycles. The Balaban J connectivity index is 0.00000120. The Morgan fingerprint density at radius 1 is 1.39 bits per heavy atom. The molecule has 2 N–H and O–H groups in total. The monoisotopic (exact) mass is 270 g/mol. The molecule has 0 amide bonds. The summed E-state index contributed by atoms with van der Waals surface area (Å²) in [6, 6.07) is 0.626. The van der Waals surface area contributed by atoms with Gasteiger partial charge in [-0.1, -0.05) is 0 Å². The van der Waals surface area contributed by atoms with E-state index in [1.54, 1.807) is 6.20 Å². The van der Waals surface area contributed by atoms with E-state index in [1.807, 2.05) is 0 Å². The molecule has 1 aliphatic rings. The van der Waals surface area contributed by atoms with Crippen molar-refractivity contribution in [2.24, 2.45) is 0 Å². The van der Waals surface area contributed by atoms with Crippen molar-refractivity contribution >= 4 is 23.4 Å². The maximum atomic E-state index is 13.4. The first-order valence-electron chi connectivity index (χ1n) is 5.99. The van der Waals surface area contributed by atoms with Crippen LogP contribution in [0.25, 0.3) is 11.0 Å². The normalized spacial score (nSPS) is 23.9. The summed E-state index contributed by atoms with van der Waals surface area (Å²) in [5.41, 5.74) is 1.03. The molecule has 18 heavy (non-hydrogen) atoms. The molecule has 0 bridgehead atoms. The van der Waals surface area contributed by atoms with Gasteiger partial charge in [-0.15, -0.1) is 12.4 Å². The maximum Gasteiger partial charge on any atom is 0.167 e. The lowest BCUT2D eigenvalue weighted by atomic mass is 9.99. The molecule has 98 valence electrons. The van der Waals surface area contributed by atoms with Crippen molar-refractivity contribution in [3.8, 4) is 0 Å². The molecule has 0 spiro atoms. The van der Waals surface area contributed by atoms with Crippen LogP contribution in [0.2, 0.25) is 0 Å². The van der Waals surface area contributed by atoms with E-state index in [1.165, 1.54) is 12.6 Å². The second kappa shape index (κ2) is 5.20. The minimum absolute atomic E-state index is 0. The Morgan fingerprint density at radius 2 is 2.22 bits per heavy atom. The average molecular weight is 271 g/mol. The highest BCUT2D eigenvalue weighted by Crippen LogP contribution is 2.24. The lowest BCUT2D eigenvalue weighted by molar-refractivity contribution is 0.331. The number of fused-ring (bicyclic) bond motifs is 1. The van der Waals surface area contributed by atoms with E-state index < -0.39 is 0 Å². The summed E-state index contributed by atoms with van der Waals surface area (Å²) in [6.45, 7) is 2.15. The van der Waals surface area contributed by atoms with Gasteiger partial charge < -0.3 is 10.3 Å². The second-order valence-corrected chi connectivity index (χ2v) is 4.68. The maximum absolute atomic E-state index is 13.4. The molecule has 0 saturated carbocycles. The zero-order valence-electron chi connectivity index (χ0n) is 10.1. The largest absolute Gasteiger partial charge is 0.356 e. The van der Waals surface area contributed by atoms with Crippen molar-refractivity contribution < 1.29 is 4.39 Å². The third kappa shape index (κ3) is 2.33. The number of nitrogens with zero attached hydrogens (tertiary/aromatic N) is 2. The number of aromatic amines is 1. The fourth-order valence-electron chi connectivity index (χ4n) is 2.40. The highest BCUT2D eigenvalue weighted by Gasteiger charge is 2.22. The Labute approximate surface area is 111 Å². The Kier molecular flexibility index (Phi) is 3.82. The van der Waals surface area contributed by atoms with Crippen LogP contribution < -0.4 is 5.32 Å². The van der Waals surface area contributed by atoms with E-state index in [-0.39, 0.29) is 24.3 Å². The molecule has 3 heterocycles. The lowest BCUT2D eigenvalue weighted by Crippen LogP contribution is -2.35. The van der Waals surface area contributed by atoms with E-state index >= 15 is 0 Å². The van der Waals surface area contributed by atoms with Gasteiger partial charge in [0, 0.05) is 12.2 Å². The first-order chi connectivity index (χ1) is 8.24. The van der Waals surface area contributed by atoms with Crippen LogP contribution in [0.5, 0.6) is 0 Å². The van der Waals surface area contributed by atoms with Crippen molar-refractivity contribution in [2.45, 2.75) is 38.3 Å². The van der Waals surface area contributed by atoms with Gasteiger partial charge in [0.1, 0.15) is 11.3 Å². The fraction of sp³-hybridized carbons (Fsp3) is 0.500. The molecule has 0 radical (unpaired) electrons. The number of rotatable bonds is 1. The number of H-pyrrole nitrogens is 1. The highest BCUT2D eigenvalue weighted by molar-refractivity contribution is 5.85. The van der Waals surface area contributed by atoms with Crippen LogP contribution in [0.15, 0.2) is 12.4 Å². The molecular weight excluding hydrogens is 255 g/mol. The third-order valence-electron chi connectivity index (χ3n) is 3.32. The van der Waals surface area contributed by atoms with E-state index in [0.29, 0.717) is 22.9 Å². The Morgan fingerprint density at radius 3 is 3.00 bits per heavy atom. The van der Waals surface area contributed by atoms with Crippen molar-refractivity contribution in [3.05, 3.63) is 24.0 Å². The van der Waals surface area contributed by atoms with Crippen molar-refractivity contribution in [1.82, 2.24) is 20.3 Å². The number of nitrogens with one attached hydrogen (secondary N) is 2. The van der Waals surface area contributed by atoms with Crippen LogP contribution in [0.4, 0.5) is 4.39 Å². The van der Waals surface area contributed by atoms with Gasteiger partial charge in [0.15, 0.2) is 5.82 Å². The van der Waals surface area contributed by atoms with E-state index in [2.05, 4.69) is 27.2 Å². The summed E-state index contributed by atoms with van der Waals surface area (Å²) in [5.74, 6) is 0.384. The fourth-order valence-corrected chi connectivity index (χ4v) is 2.40. The van der Waals surface area contributed by atoms with Crippen LogP contribution in [-0.4, -0.2) is 21.0 Å². The molecule has 1 fully saturated rings. The van der Waals surface area contributed by atoms with Gasteiger partial charge in [0.25, 0.3) is 0 Å². The topological polar surface area (TPSA) is 53.6 Å². The minimum Gasteiger partial charge on any atom is -0.356 e. The molecule has 2 aromatic heterocycles. The highest BCUT2D eigenvalue weighted by atomic mass is 35.5. The standard InChI is InChI=1S/C12H15FN4.ClH/c1-7-3-2-4-9(16-7)12-15-6-10-11(17-12)8(13)5-14-10;/h5-7,9,14,16H,2-4H2,1H3;1H. The van der Waals surface area contributed by atoms with E-state index in [0.717, 1.165) is 12.8 Å². The summed E-state index contributed by atoms with van der Waals surface area (Å²) < 4.78 is 13.4. The van der Waals surface area contributed by atoms with E-state index in [9.17, 15) is 4.39 Å². The minimum atomic E-state index is -0.312. The van der Waals surface area contributed by atoms with Gasteiger partial charge in [0.05, 0.1) is 17.8 Å². The quantitative estimate of drug-likeness (QED) is 0.838. The Bertz CT molecular complexity index is 542. The molecule has 4 nitrogen and oxygen atoms in total. The molecule has 2 atom stereocenters. The third-order valence-corrected chi connectivity index (χ3v) is 3.32. The van der Waals surface area contributed by atoms with Crippen LogP contribution in [0.1, 0.15) is 38.1 Å². The molecule has 6 heteroatoms. The van der Waals surface area contributed by atoms with Gasteiger partial charge in [-0.05, 0) is 26.2 Å². The predicted octanol–water partition coefficient (Wildman–Crippen LogP) is 2.72. The summed E-state index contributed by atoms with van der Waals surface area (Å²) >= 11 is 0. The molecule has 1 saturated heterocycles. The molecule has 1 aliphatic heterocycles. The molecule has 0 aromatic carbocycles. The van der Waals surface area contributed by atoms with Crippen molar-refractivity contribution in [2.75, 3.05) is 0 Å². The number of halogens is 2. The van der Waals surface area contributed by atoms with Crippen molar-refractivity contribution in [3.63, 3.8) is 0 Å². The van der Waals surface area contributed by atoms with Gasteiger partial charge in [-0.25, -0.2) is 14.4 Å². The number of hydrogen-bond acceptors (Lipinski definition) is 3. The Hall–Kier alpha value is -1.20. The molecular formula is C12H16ClFN4. The molecule has 3 rings (SSSR count). The molecule has 2 aromatic rings. The zero-order valence-corrected chi connectivity index (χ0v) is 10.9. The first kappa shape index (κ1) is 13.2. The van der Waals surface area contributed by atoms with Gasteiger partial charge >= 0.3 is 0 Å². The van der Waals surface area contributed by atoms with Crippen LogP contribution in [-0.2, 0) is 0 Å². The summed E-state index contributed by atoms with van der Waals surface area (Å²) in [6.07, 6.45) is 6.33. The SMILES string of the molecule is CC1CCCC(c2ncc3[nH]cc(F)c3n2)N1.Cl. The summed E-state index contributed by atoms with van der Waals surface area (Å²) in [5, 5.41) is 3.45. The van der Waals surface area contributed by atoms with Gasteiger partial charge in [-0.3, -0.25) is 0 Å². The lowest BCUT2D eigenvalue weighted by Gasteiger charge is -2.27. The van der Waals surface area contributed by atoms with Crippen molar-refractivity contribution in [1.29, 1.82) is 0 Å². The van der Waals surface area contributed by atoms with Gasteiger partial charge in [0.2, 0.25) is 0 Å². The van der Waals surface area contributed by atoms with Gasteiger partial charge in [-0.2, -0.15) is 0 Å². The first-order valence-corrected chi connectivity index (χ1v) is 5.99. The smallest absolute Gasteiger partial charge is 0.167 e. The van der Waals surface area contributed by atoms with Crippen LogP contribution in [0, 0.1) is 5.82 Å². The predicted molar refractivity (Wildman–Crippen MR) is 70.3 cm³/mol. The van der Waals surface area contributed by atoms with Crippen LogP contribution >= 0.6 is 12.4 Å². The number of hydrogen-bond donors (Lipinski definition) is 2. The number of piperidine rings is 1. The second-order valence-electron chi connectivity index (χ2n) is 4.68. The number of aromatic nitrogens is 3. The summed E-state index contributed by atoms with van der Waals surface area (Å²) in [4.78, 5) is 11.4.